The largest absolute Gasteiger partial charge is 0.478 e. The van der Waals surface area contributed by atoms with Crippen LogP contribution in [0, 0.1) is 0 Å². The van der Waals surface area contributed by atoms with Crippen LogP contribution in [0.2, 0.25) is 0 Å². The first-order valence-corrected chi connectivity index (χ1v) is 20.3. The summed E-state index contributed by atoms with van der Waals surface area (Å²) in [6, 6.07) is 34.6. The van der Waals surface area contributed by atoms with E-state index in [2.05, 4.69) is 133 Å². The lowest BCUT2D eigenvalue weighted by Crippen LogP contribution is -2.17. The molecule has 0 saturated carbocycles. The number of benzene rings is 4. The predicted octanol–water partition coefficient (Wildman–Crippen LogP) is 10.3. The number of hydrogen-bond donors (Lipinski definition) is 2. The number of nitrogens with zero attached hydrogens (tertiary/aromatic N) is 4. The molecule has 2 aliphatic heterocycles. The number of carbonyl (C=O) groups is 2. The summed E-state index contributed by atoms with van der Waals surface area (Å²) in [5.74, 6) is -1.77. The molecule has 6 aromatic rings. The van der Waals surface area contributed by atoms with Crippen molar-refractivity contribution in [2.24, 2.45) is 0 Å². The molecule has 4 aromatic carbocycles. The van der Waals surface area contributed by atoms with E-state index >= 15 is 0 Å². The van der Waals surface area contributed by atoms with E-state index in [0.29, 0.717) is 36.1 Å². The minimum absolute atomic E-state index is 0.294. The molecule has 0 bridgehead atoms. The highest BCUT2D eigenvalue weighted by Crippen LogP contribution is 2.40. The quantitative estimate of drug-likeness (QED) is 0.127. The third-order valence-electron chi connectivity index (χ3n) is 12.0. The van der Waals surface area contributed by atoms with Crippen LogP contribution in [0.4, 0.5) is 0 Å². The van der Waals surface area contributed by atoms with Crippen LogP contribution in [0.3, 0.4) is 0 Å². The zero-order valence-electron chi connectivity index (χ0n) is 33.9. The van der Waals surface area contributed by atoms with Crippen molar-refractivity contribution in [2.75, 3.05) is 14.1 Å². The van der Waals surface area contributed by atoms with Gasteiger partial charge in [-0.25, -0.2) is 9.59 Å². The number of fused-ring (bicyclic) bond motifs is 2. The SMILES string of the molecule is CCc1ccccc1-c1ccc2c(c1)CN(C)[C@@H]2CCc1cnccc1C(=O)O.CCc1ccccc1-c1ccc2c(c1)CN(C)[C@H]2CCc1cnccc1C(=O)O. The third kappa shape index (κ3) is 8.64. The third-order valence-corrected chi connectivity index (χ3v) is 12.0. The van der Waals surface area contributed by atoms with Gasteiger partial charge in [0.25, 0.3) is 0 Å². The Balaban J connectivity index is 0.000000177. The monoisotopic (exact) mass is 772 g/mol. The van der Waals surface area contributed by atoms with Gasteiger partial charge in [-0.1, -0.05) is 86.6 Å². The van der Waals surface area contributed by atoms with Crippen molar-refractivity contribution < 1.29 is 19.8 Å². The molecule has 2 atom stereocenters. The molecule has 8 rings (SSSR count). The van der Waals surface area contributed by atoms with Crippen LogP contribution < -0.4 is 0 Å². The molecule has 8 nitrogen and oxygen atoms in total. The molecule has 2 aliphatic rings. The summed E-state index contributed by atoms with van der Waals surface area (Å²) in [5, 5.41) is 18.8. The van der Waals surface area contributed by atoms with Gasteiger partial charge in [0.05, 0.1) is 11.1 Å². The van der Waals surface area contributed by atoms with Crippen LogP contribution in [0.5, 0.6) is 0 Å². The molecule has 2 N–H and O–H groups in total. The molecule has 0 aliphatic carbocycles. The maximum Gasteiger partial charge on any atom is 0.336 e. The zero-order chi connectivity index (χ0) is 40.8. The topological polar surface area (TPSA) is 107 Å². The second-order valence-corrected chi connectivity index (χ2v) is 15.5. The molecular weight excluding hydrogens is 721 g/mol. The molecular formula is C50H52N4O4. The number of aromatic nitrogens is 2. The van der Waals surface area contributed by atoms with Crippen molar-refractivity contribution in [3.8, 4) is 22.3 Å². The van der Waals surface area contributed by atoms with E-state index in [0.717, 1.165) is 49.9 Å². The van der Waals surface area contributed by atoms with Gasteiger partial charge in [-0.3, -0.25) is 19.8 Å². The lowest BCUT2D eigenvalue weighted by Gasteiger charge is -2.20. The van der Waals surface area contributed by atoms with Crippen LogP contribution in [-0.4, -0.2) is 56.0 Å². The Labute approximate surface area is 341 Å². The van der Waals surface area contributed by atoms with Gasteiger partial charge >= 0.3 is 11.9 Å². The lowest BCUT2D eigenvalue weighted by atomic mass is 9.92. The van der Waals surface area contributed by atoms with E-state index < -0.39 is 11.9 Å². The highest BCUT2D eigenvalue weighted by Gasteiger charge is 2.29. The van der Waals surface area contributed by atoms with Crippen molar-refractivity contribution in [3.63, 3.8) is 0 Å². The minimum atomic E-state index is -0.887. The van der Waals surface area contributed by atoms with E-state index in [9.17, 15) is 19.8 Å². The number of aromatic carboxylic acids is 2. The number of aryl methyl sites for hydroxylation is 4. The summed E-state index contributed by atoms with van der Waals surface area (Å²) < 4.78 is 0. The average Bonchev–Trinajstić information content (AvgIpc) is 3.74. The van der Waals surface area contributed by atoms with Crippen molar-refractivity contribution in [3.05, 3.63) is 177 Å². The normalized spacial score (nSPS) is 16.0. The predicted molar refractivity (Wildman–Crippen MR) is 230 cm³/mol. The Morgan fingerprint density at radius 1 is 0.586 bits per heavy atom. The molecule has 0 amide bonds. The number of carboxylic acids is 2. The lowest BCUT2D eigenvalue weighted by molar-refractivity contribution is 0.0684. The maximum atomic E-state index is 11.5. The van der Waals surface area contributed by atoms with Gasteiger partial charge < -0.3 is 10.2 Å². The molecule has 0 radical (unpaired) electrons. The zero-order valence-corrected chi connectivity index (χ0v) is 33.9. The number of hydrogen-bond acceptors (Lipinski definition) is 6. The van der Waals surface area contributed by atoms with Crippen LogP contribution in [0.25, 0.3) is 22.3 Å². The van der Waals surface area contributed by atoms with Crippen LogP contribution in [-0.2, 0) is 38.8 Å². The van der Waals surface area contributed by atoms with Gasteiger partial charge in [0, 0.05) is 50.0 Å². The molecule has 0 spiro atoms. The van der Waals surface area contributed by atoms with Gasteiger partial charge in [-0.05, 0) is 144 Å². The fraction of sp³-hybridized carbons (Fsp3) is 0.280. The van der Waals surface area contributed by atoms with Crippen LogP contribution in [0.1, 0.15) is 104 Å². The Hall–Kier alpha value is -5.96. The first-order valence-electron chi connectivity index (χ1n) is 20.3. The molecule has 0 unspecified atom stereocenters. The second kappa shape index (κ2) is 18.1. The van der Waals surface area contributed by atoms with Gasteiger partial charge in [0.2, 0.25) is 0 Å². The first-order chi connectivity index (χ1) is 28.2. The maximum absolute atomic E-state index is 11.5. The van der Waals surface area contributed by atoms with E-state index in [1.54, 1.807) is 36.9 Å². The summed E-state index contributed by atoms with van der Waals surface area (Å²) in [7, 11) is 4.29. The molecule has 0 saturated heterocycles. The Morgan fingerprint density at radius 2 is 1.00 bits per heavy atom. The molecule has 8 heteroatoms. The van der Waals surface area contributed by atoms with Crippen LogP contribution >= 0.6 is 0 Å². The second-order valence-electron chi connectivity index (χ2n) is 15.5. The Kier molecular flexibility index (Phi) is 12.6. The summed E-state index contributed by atoms with van der Waals surface area (Å²) >= 11 is 0. The minimum Gasteiger partial charge on any atom is -0.478 e. The highest BCUT2D eigenvalue weighted by atomic mass is 16.4. The van der Waals surface area contributed by atoms with Gasteiger partial charge in [-0.15, -0.1) is 0 Å². The average molecular weight is 773 g/mol. The highest BCUT2D eigenvalue weighted by molar-refractivity contribution is 5.89. The van der Waals surface area contributed by atoms with Gasteiger partial charge in [-0.2, -0.15) is 0 Å². The van der Waals surface area contributed by atoms with Crippen molar-refractivity contribution in [2.45, 2.75) is 77.5 Å². The summed E-state index contributed by atoms with van der Waals surface area (Å²) in [4.78, 5) is 35.9. The fourth-order valence-corrected chi connectivity index (χ4v) is 8.93. The van der Waals surface area contributed by atoms with Crippen molar-refractivity contribution >= 4 is 11.9 Å². The van der Waals surface area contributed by atoms with Crippen molar-refractivity contribution in [1.29, 1.82) is 0 Å². The molecule has 4 heterocycles. The summed E-state index contributed by atoms with van der Waals surface area (Å²) in [6.07, 6.45) is 11.6. The fourth-order valence-electron chi connectivity index (χ4n) is 8.93. The van der Waals surface area contributed by atoms with E-state index in [1.807, 2.05) is 0 Å². The standard InChI is InChI=1S/2C25H26N2O2/c2*1-3-17-6-4-5-7-21(17)18-8-10-22-20(14-18)16-27(2)24(22)11-9-19-15-26-13-12-23(19)25(28)29/h2*4-8,10,12-15,24H,3,9,11,16H2,1-2H3,(H,28,29)/t2*24-/m10/s1. The number of pyridine rings is 2. The molecule has 296 valence electrons. The van der Waals surface area contributed by atoms with Crippen molar-refractivity contribution in [1.82, 2.24) is 19.8 Å². The van der Waals surface area contributed by atoms with Crippen LogP contribution in [0.15, 0.2) is 122 Å². The number of rotatable bonds is 12. The molecule has 2 aromatic heterocycles. The van der Waals surface area contributed by atoms with E-state index in [1.165, 1.54) is 55.6 Å². The van der Waals surface area contributed by atoms with E-state index in [-0.39, 0.29) is 0 Å². The van der Waals surface area contributed by atoms with Gasteiger partial charge in [0.1, 0.15) is 0 Å². The summed E-state index contributed by atoms with van der Waals surface area (Å²) in [5.41, 5.74) is 15.7. The smallest absolute Gasteiger partial charge is 0.336 e. The Morgan fingerprint density at radius 3 is 1.40 bits per heavy atom. The first kappa shape index (κ1) is 40.2. The Bertz CT molecular complexity index is 2260. The molecule has 58 heavy (non-hydrogen) atoms. The summed E-state index contributed by atoms with van der Waals surface area (Å²) in [6.45, 7) is 6.22. The van der Waals surface area contributed by atoms with Gasteiger partial charge in [0.15, 0.2) is 0 Å². The van der Waals surface area contributed by atoms with E-state index in [4.69, 9.17) is 0 Å². The molecule has 0 fully saturated rings. The number of carboxylic acid groups (broad SMARTS) is 2.